The summed E-state index contributed by atoms with van der Waals surface area (Å²) in [6.45, 7) is 3.31. The molecule has 0 aliphatic heterocycles. The van der Waals surface area contributed by atoms with E-state index >= 15 is 0 Å². The van der Waals surface area contributed by atoms with E-state index in [2.05, 4.69) is 20.2 Å². The molecule has 2 unspecified atom stereocenters. The molecule has 0 aliphatic rings. The van der Waals surface area contributed by atoms with Gasteiger partial charge in [-0.3, -0.25) is 5.10 Å². The van der Waals surface area contributed by atoms with Crippen molar-refractivity contribution in [2.75, 3.05) is 6.54 Å². The Morgan fingerprint density at radius 1 is 1.53 bits per heavy atom. The zero-order valence-electron chi connectivity index (χ0n) is 8.55. The highest BCUT2D eigenvalue weighted by Gasteiger charge is 2.22. The van der Waals surface area contributed by atoms with Crippen LogP contribution in [0.4, 0.5) is 0 Å². The van der Waals surface area contributed by atoms with Gasteiger partial charge in [0.05, 0.1) is 18.3 Å². The van der Waals surface area contributed by atoms with E-state index in [1.54, 1.807) is 13.8 Å². The van der Waals surface area contributed by atoms with Crippen molar-refractivity contribution < 1.29 is 10.2 Å². The van der Waals surface area contributed by atoms with Gasteiger partial charge in [0.2, 0.25) is 0 Å². The number of azide groups is 1. The van der Waals surface area contributed by atoms with Crippen LogP contribution in [0, 0.1) is 13.8 Å². The molecule has 0 aromatic carbocycles. The van der Waals surface area contributed by atoms with Crippen LogP contribution in [0.1, 0.15) is 23.1 Å². The van der Waals surface area contributed by atoms with E-state index in [-0.39, 0.29) is 6.54 Å². The number of aryl methyl sites for hydroxylation is 2. The third-order valence-corrected chi connectivity index (χ3v) is 2.18. The molecule has 0 aliphatic carbocycles. The van der Waals surface area contributed by atoms with Crippen molar-refractivity contribution in [3.63, 3.8) is 0 Å². The maximum absolute atomic E-state index is 9.77. The molecule has 0 radical (unpaired) electrons. The number of nitrogens with one attached hydrogen (secondary N) is 1. The summed E-state index contributed by atoms with van der Waals surface area (Å²) in [4.78, 5) is 2.51. The molecule has 1 rings (SSSR count). The first-order valence-corrected chi connectivity index (χ1v) is 4.46. The maximum atomic E-state index is 9.77. The number of hydrogen-bond donors (Lipinski definition) is 3. The Bertz CT molecular complexity index is 363. The zero-order chi connectivity index (χ0) is 11.4. The van der Waals surface area contributed by atoms with Gasteiger partial charge in [-0.25, -0.2) is 0 Å². The number of hydrogen-bond acceptors (Lipinski definition) is 4. The number of aliphatic hydroxyl groups is 2. The van der Waals surface area contributed by atoms with Gasteiger partial charge in [0.15, 0.2) is 0 Å². The first-order valence-electron chi connectivity index (χ1n) is 4.46. The molecule has 15 heavy (non-hydrogen) atoms. The summed E-state index contributed by atoms with van der Waals surface area (Å²) in [6.07, 6.45) is -2.20. The minimum atomic E-state index is -1.11. The fraction of sp³-hybridized carbons (Fsp3) is 0.625. The van der Waals surface area contributed by atoms with Gasteiger partial charge in [0, 0.05) is 16.2 Å². The minimum Gasteiger partial charge on any atom is -0.390 e. The molecule has 0 amide bonds. The second kappa shape index (κ2) is 4.79. The smallest absolute Gasteiger partial charge is 0.109 e. The van der Waals surface area contributed by atoms with E-state index in [4.69, 9.17) is 5.53 Å². The van der Waals surface area contributed by atoms with Gasteiger partial charge in [0.25, 0.3) is 0 Å². The quantitative estimate of drug-likeness (QED) is 0.387. The van der Waals surface area contributed by atoms with Gasteiger partial charge in [-0.2, -0.15) is 5.10 Å². The lowest BCUT2D eigenvalue weighted by atomic mass is 10.0. The summed E-state index contributed by atoms with van der Waals surface area (Å²) in [5.74, 6) is 0. The second-order valence-corrected chi connectivity index (χ2v) is 3.27. The van der Waals surface area contributed by atoms with Gasteiger partial charge in [-0.1, -0.05) is 5.11 Å². The summed E-state index contributed by atoms with van der Waals surface area (Å²) in [6, 6.07) is 0. The van der Waals surface area contributed by atoms with Gasteiger partial charge in [0.1, 0.15) is 6.10 Å². The summed E-state index contributed by atoms with van der Waals surface area (Å²) in [5.41, 5.74) is 9.95. The van der Waals surface area contributed by atoms with Crippen molar-refractivity contribution in [3.05, 3.63) is 27.4 Å². The highest BCUT2D eigenvalue weighted by atomic mass is 16.3. The number of aromatic nitrogens is 2. The van der Waals surface area contributed by atoms with Crippen LogP contribution in [0.2, 0.25) is 0 Å². The van der Waals surface area contributed by atoms with Crippen LogP contribution in [0.3, 0.4) is 0 Å². The fourth-order valence-electron chi connectivity index (χ4n) is 1.41. The normalized spacial score (nSPS) is 14.4. The van der Waals surface area contributed by atoms with Crippen molar-refractivity contribution >= 4 is 0 Å². The van der Waals surface area contributed by atoms with E-state index < -0.39 is 12.2 Å². The highest BCUT2D eigenvalue weighted by molar-refractivity contribution is 5.26. The molecule has 2 atom stereocenters. The lowest BCUT2D eigenvalue weighted by Gasteiger charge is -2.16. The van der Waals surface area contributed by atoms with Crippen LogP contribution in [-0.2, 0) is 0 Å². The monoisotopic (exact) mass is 211 g/mol. The second-order valence-electron chi connectivity index (χ2n) is 3.27. The van der Waals surface area contributed by atoms with E-state index in [9.17, 15) is 10.2 Å². The molecule has 7 heteroatoms. The van der Waals surface area contributed by atoms with E-state index in [0.717, 1.165) is 0 Å². The molecule has 0 spiro atoms. The van der Waals surface area contributed by atoms with Crippen molar-refractivity contribution in [1.29, 1.82) is 0 Å². The Kier molecular flexibility index (Phi) is 3.68. The fourth-order valence-corrected chi connectivity index (χ4v) is 1.41. The Balaban J connectivity index is 2.83. The predicted molar refractivity (Wildman–Crippen MR) is 53.0 cm³/mol. The molecule has 3 N–H and O–H groups in total. The summed E-state index contributed by atoms with van der Waals surface area (Å²) in [7, 11) is 0. The van der Waals surface area contributed by atoms with Crippen molar-refractivity contribution in [1.82, 2.24) is 10.2 Å². The Hall–Kier alpha value is -1.56. The molecule has 1 aromatic heterocycles. The third-order valence-electron chi connectivity index (χ3n) is 2.18. The zero-order valence-corrected chi connectivity index (χ0v) is 8.55. The Labute approximate surface area is 86.4 Å². The standard InChI is InChI=1S/C8H13N5O2/c1-4-7(5(2)12-11-4)8(15)6(14)3-10-13-9/h6,8,14-15H,3H2,1-2H3,(H,11,12). The van der Waals surface area contributed by atoms with Crippen LogP contribution in [-0.4, -0.2) is 33.1 Å². The molecular weight excluding hydrogens is 198 g/mol. The molecule has 82 valence electrons. The van der Waals surface area contributed by atoms with Crippen molar-refractivity contribution in [3.8, 4) is 0 Å². The van der Waals surface area contributed by atoms with Crippen LogP contribution in [0.25, 0.3) is 10.4 Å². The van der Waals surface area contributed by atoms with Crippen LogP contribution >= 0.6 is 0 Å². The molecule has 0 bridgehead atoms. The average Bonchev–Trinajstić information content (AvgIpc) is 2.54. The van der Waals surface area contributed by atoms with Crippen LogP contribution in [0.15, 0.2) is 5.11 Å². The summed E-state index contributed by atoms with van der Waals surface area (Å²) in [5, 5.41) is 29.1. The van der Waals surface area contributed by atoms with Gasteiger partial charge >= 0.3 is 0 Å². The number of H-pyrrole nitrogens is 1. The number of aliphatic hydroxyl groups excluding tert-OH is 2. The highest BCUT2D eigenvalue weighted by Crippen LogP contribution is 2.22. The molecule has 1 heterocycles. The van der Waals surface area contributed by atoms with Crippen LogP contribution < -0.4 is 0 Å². The number of nitrogens with zero attached hydrogens (tertiary/aromatic N) is 4. The molecule has 7 nitrogen and oxygen atoms in total. The number of rotatable bonds is 4. The number of aromatic amines is 1. The van der Waals surface area contributed by atoms with Gasteiger partial charge in [-0.05, 0) is 19.4 Å². The largest absolute Gasteiger partial charge is 0.390 e. The summed E-state index contributed by atoms with van der Waals surface area (Å²) >= 11 is 0. The predicted octanol–water partition coefficient (Wildman–Crippen LogP) is 0.731. The van der Waals surface area contributed by atoms with E-state index in [1.165, 1.54) is 0 Å². The SMILES string of the molecule is Cc1n[nH]c(C)c1C(O)C(O)CN=[N+]=[N-]. The average molecular weight is 211 g/mol. The summed E-state index contributed by atoms with van der Waals surface area (Å²) < 4.78 is 0. The van der Waals surface area contributed by atoms with Gasteiger partial charge in [-0.15, -0.1) is 0 Å². The Morgan fingerprint density at radius 3 is 2.67 bits per heavy atom. The van der Waals surface area contributed by atoms with E-state index in [0.29, 0.717) is 17.0 Å². The first kappa shape index (κ1) is 11.5. The third kappa shape index (κ3) is 2.47. The maximum Gasteiger partial charge on any atom is 0.109 e. The molecule has 1 aromatic rings. The molecule has 0 saturated heterocycles. The molecular formula is C8H13N5O2. The minimum absolute atomic E-state index is 0.165. The van der Waals surface area contributed by atoms with Crippen molar-refractivity contribution in [2.24, 2.45) is 5.11 Å². The molecule has 0 fully saturated rings. The van der Waals surface area contributed by atoms with Gasteiger partial charge < -0.3 is 10.2 Å². The van der Waals surface area contributed by atoms with E-state index in [1.807, 2.05) is 0 Å². The lowest BCUT2D eigenvalue weighted by molar-refractivity contribution is 0.0236. The first-order chi connectivity index (χ1) is 7.07. The molecule has 0 saturated carbocycles. The topological polar surface area (TPSA) is 118 Å². The van der Waals surface area contributed by atoms with Crippen molar-refractivity contribution in [2.45, 2.75) is 26.1 Å². The Morgan fingerprint density at radius 2 is 2.20 bits per heavy atom. The lowest BCUT2D eigenvalue weighted by Crippen LogP contribution is -2.22. The van der Waals surface area contributed by atoms with Crippen LogP contribution in [0.5, 0.6) is 0 Å².